The summed E-state index contributed by atoms with van der Waals surface area (Å²) in [6.07, 6.45) is 7.80. The number of halogens is 1. The zero-order chi connectivity index (χ0) is 29.2. The molecule has 0 aliphatic heterocycles. The number of likely N-dealkylation sites (N-methyl/N-ethyl adjacent to an activating group) is 1. The monoisotopic (exact) mass is 565 g/mol. The minimum atomic E-state index is 0.0722. The van der Waals surface area contributed by atoms with Gasteiger partial charge in [-0.1, -0.05) is 62.4 Å². The fourth-order valence-electron chi connectivity index (χ4n) is 3.10. The number of benzene rings is 1. The van der Waals surface area contributed by atoms with Gasteiger partial charge in [-0.3, -0.25) is 14.4 Å². The Morgan fingerprint density at radius 3 is 2.29 bits per heavy atom. The molecule has 1 heterocycles. The van der Waals surface area contributed by atoms with Crippen LogP contribution in [0.25, 0.3) is 6.08 Å². The van der Waals surface area contributed by atoms with Crippen LogP contribution in [0.1, 0.15) is 47.8 Å². The lowest BCUT2D eigenvalue weighted by molar-refractivity contribution is -0.121. The number of aldehydes is 1. The second kappa shape index (κ2) is 25.8. The number of thiazole rings is 1. The Kier molecular flexibility index (Phi) is 25.3. The Hall–Kier alpha value is -2.85. The summed E-state index contributed by atoms with van der Waals surface area (Å²) < 4.78 is 0. The molecule has 0 radical (unpaired) electrons. The van der Waals surface area contributed by atoms with E-state index in [1.165, 1.54) is 11.6 Å². The first kappa shape index (κ1) is 37.3. The van der Waals surface area contributed by atoms with Crippen molar-refractivity contribution in [2.24, 2.45) is 5.73 Å². The number of amides is 2. The molecule has 10 heteroatoms. The van der Waals surface area contributed by atoms with Crippen molar-refractivity contribution in [3.63, 3.8) is 0 Å². The Balaban J connectivity index is 0. The molecule has 38 heavy (non-hydrogen) atoms. The minimum Gasteiger partial charge on any atom is -0.372 e. The van der Waals surface area contributed by atoms with Gasteiger partial charge in [0.05, 0.1) is 15.6 Å². The number of carbonyl (C=O) groups excluding carboxylic acids is 3. The largest absolute Gasteiger partial charge is 0.372 e. The van der Waals surface area contributed by atoms with Crippen LogP contribution < -0.4 is 21.7 Å². The quantitative estimate of drug-likeness (QED) is 0.270. The van der Waals surface area contributed by atoms with Gasteiger partial charge in [0.25, 0.3) is 0 Å². The van der Waals surface area contributed by atoms with Crippen molar-refractivity contribution in [2.45, 2.75) is 52.0 Å². The van der Waals surface area contributed by atoms with Crippen molar-refractivity contribution in [1.29, 1.82) is 0 Å². The lowest BCUT2D eigenvalue weighted by Crippen LogP contribution is -2.42. The molecule has 5 N–H and O–H groups in total. The first-order chi connectivity index (χ1) is 18.4. The molecule has 1 aliphatic rings. The van der Waals surface area contributed by atoms with Crippen LogP contribution in [-0.2, 0) is 33.6 Å². The molecule has 0 spiro atoms. The first-order valence-corrected chi connectivity index (χ1v) is 13.7. The van der Waals surface area contributed by atoms with Crippen molar-refractivity contribution in [2.75, 3.05) is 27.7 Å². The van der Waals surface area contributed by atoms with Gasteiger partial charge < -0.3 is 21.7 Å². The average molecular weight is 566 g/mol. The molecular weight excluding hydrogens is 522 g/mol. The Morgan fingerprint density at radius 2 is 1.76 bits per heavy atom. The summed E-state index contributed by atoms with van der Waals surface area (Å²) in [4.78, 5) is 35.8. The van der Waals surface area contributed by atoms with Crippen molar-refractivity contribution in [3.05, 3.63) is 69.2 Å². The molecule has 1 aromatic heterocycles. The molecule has 0 saturated heterocycles. The second-order valence-electron chi connectivity index (χ2n) is 7.53. The van der Waals surface area contributed by atoms with Crippen LogP contribution in [0.5, 0.6) is 0 Å². The van der Waals surface area contributed by atoms with Gasteiger partial charge >= 0.3 is 0 Å². The Morgan fingerprint density at radius 1 is 1.18 bits per heavy atom. The van der Waals surface area contributed by atoms with Crippen LogP contribution in [0.3, 0.4) is 0 Å². The third kappa shape index (κ3) is 18.4. The number of hydrogen-bond donors (Lipinski definition) is 4. The predicted octanol–water partition coefficient (Wildman–Crippen LogP) is 3.88. The van der Waals surface area contributed by atoms with Gasteiger partial charge in [0.15, 0.2) is 0 Å². The van der Waals surface area contributed by atoms with Crippen molar-refractivity contribution >= 4 is 47.6 Å². The second-order valence-corrected chi connectivity index (χ2v) is 9.13. The van der Waals surface area contributed by atoms with Gasteiger partial charge in [0, 0.05) is 30.5 Å². The molecule has 2 amide bonds. The van der Waals surface area contributed by atoms with E-state index in [1.54, 1.807) is 11.3 Å². The topological polar surface area (TPSA) is 126 Å². The van der Waals surface area contributed by atoms with E-state index in [2.05, 4.69) is 45.4 Å². The summed E-state index contributed by atoms with van der Waals surface area (Å²) in [5, 5.41) is 11.0. The fourth-order valence-corrected chi connectivity index (χ4v) is 4.45. The first-order valence-electron chi connectivity index (χ1n) is 12.5. The summed E-state index contributed by atoms with van der Waals surface area (Å²) in [7, 11) is 5.66. The number of primary amides is 1. The zero-order valence-electron chi connectivity index (χ0n) is 23.3. The molecule has 212 valence electrons. The fraction of sp³-hybridized carbons (Fsp3) is 0.429. The van der Waals surface area contributed by atoms with Crippen LogP contribution in [0.2, 0.25) is 0 Å². The number of nitrogens with one attached hydrogen (secondary N) is 3. The van der Waals surface area contributed by atoms with Crippen molar-refractivity contribution in [1.82, 2.24) is 20.9 Å². The summed E-state index contributed by atoms with van der Waals surface area (Å²) in [6.45, 7) is 7.86. The highest BCUT2D eigenvalue weighted by atomic mass is 35.5. The molecule has 1 atom stereocenters. The van der Waals surface area contributed by atoms with Crippen LogP contribution >= 0.6 is 22.9 Å². The maximum atomic E-state index is 12.4. The molecule has 3 rings (SSSR count). The van der Waals surface area contributed by atoms with E-state index >= 15 is 0 Å². The van der Waals surface area contributed by atoms with Crippen LogP contribution in [-0.4, -0.2) is 57.3 Å². The predicted molar refractivity (Wildman–Crippen MR) is 161 cm³/mol. The number of aryl methyl sites for hydroxylation is 2. The summed E-state index contributed by atoms with van der Waals surface area (Å²) >= 11 is 7.75. The van der Waals surface area contributed by atoms with Gasteiger partial charge in [-0.25, -0.2) is 4.98 Å². The molecule has 0 bridgehead atoms. The molecule has 0 saturated carbocycles. The summed E-state index contributed by atoms with van der Waals surface area (Å²) in [5.41, 5.74) is 6.51. The van der Waals surface area contributed by atoms with Gasteiger partial charge in [0.1, 0.15) is 6.29 Å². The molecule has 1 aromatic carbocycles. The van der Waals surface area contributed by atoms with Crippen molar-refractivity contribution < 1.29 is 14.4 Å². The summed E-state index contributed by atoms with van der Waals surface area (Å²) in [6, 6.07) is 10.3. The standard InChI is InChI=1S/C20H24ClN3OS.C3H4O.C2H7N.C2H6.CH3NO/c1-22-13-16(11-14-5-3-2-4-6-14)23-19(25)9-10-20-24-17-8-7-15(21)12-18(17)26-20;1-2-3-4;1-3-2;1-2;2-1-3/h2-6,12,16,22H,7-11,13H2,1H3,(H,23,25);2-3H,1H2;3H,1-2H3;1-2H3;1H,(H2,2,3). The van der Waals surface area contributed by atoms with Gasteiger partial charge in [0.2, 0.25) is 12.3 Å². The number of carbonyl (C=O) groups is 3. The summed E-state index contributed by atoms with van der Waals surface area (Å²) in [5.74, 6) is 0.0722. The number of hydrogen-bond acceptors (Lipinski definition) is 7. The number of allylic oxidation sites excluding steroid dienone is 2. The molecule has 1 unspecified atom stereocenters. The van der Waals surface area contributed by atoms with Gasteiger partial charge in [-0.15, -0.1) is 11.3 Å². The van der Waals surface area contributed by atoms with Crippen LogP contribution in [0.4, 0.5) is 0 Å². The highest BCUT2D eigenvalue weighted by Gasteiger charge is 2.17. The zero-order valence-corrected chi connectivity index (χ0v) is 24.8. The molecular formula is C28H44ClN5O3S. The highest BCUT2D eigenvalue weighted by Crippen LogP contribution is 2.30. The Bertz CT molecular complexity index is 930. The van der Waals surface area contributed by atoms with E-state index in [1.807, 2.05) is 59.3 Å². The van der Waals surface area contributed by atoms with E-state index in [0.717, 1.165) is 46.4 Å². The molecule has 2 aromatic rings. The third-order valence-electron chi connectivity index (χ3n) is 4.46. The average Bonchev–Trinajstić information content (AvgIpc) is 3.32. The number of rotatable bonds is 9. The van der Waals surface area contributed by atoms with Gasteiger partial charge in [-0.05, 0) is 58.1 Å². The highest BCUT2D eigenvalue weighted by molar-refractivity contribution is 7.12. The number of nitrogens with two attached hydrogens (primary N) is 1. The van der Waals surface area contributed by atoms with Crippen LogP contribution in [0.15, 0.2) is 48.0 Å². The van der Waals surface area contributed by atoms with Crippen LogP contribution in [0, 0.1) is 0 Å². The van der Waals surface area contributed by atoms with E-state index in [-0.39, 0.29) is 18.4 Å². The molecule has 8 nitrogen and oxygen atoms in total. The Labute approximate surface area is 237 Å². The maximum absolute atomic E-state index is 12.4. The van der Waals surface area contributed by atoms with Gasteiger partial charge in [-0.2, -0.15) is 0 Å². The lowest BCUT2D eigenvalue weighted by Gasteiger charge is -2.18. The number of fused-ring (bicyclic) bond motifs is 1. The maximum Gasteiger partial charge on any atom is 0.220 e. The van der Waals surface area contributed by atoms with E-state index in [4.69, 9.17) is 21.2 Å². The van der Waals surface area contributed by atoms with Crippen molar-refractivity contribution in [3.8, 4) is 0 Å². The number of nitrogens with zero attached hydrogens (tertiary/aromatic N) is 1. The molecule has 0 fully saturated rings. The normalized spacial score (nSPS) is 11.4. The smallest absolute Gasteiger partial charge is 0.220 e. The van der Waals surface area contributed by atoms with E-state index in [0.29, 0.717) is 19.1 Å². The third-order valence-corrected chi connectivity index (χ3v) is 5.87. The van der Waals surface area contributed by atoms with E-state index in [9.17, 15) is 4.79 Å². The van der Waals surface area contributed by atoms with E-state index < -0.39 is 0 Å². The lowest BCUT2D eigenvalue weighted by atomic mass is 10.1. The minimum absolute atomic E-state index is 0.0722. The molecule has 1 aliphatic carbocycles. The SMILES string of the molecule is C=CC=O.CC.CNC.CNCC(Cc1ccccc1)NC(=O)CCc1nc2c(s1)C=C(Cl)CC2.NC=O. The number of aromatic nitrogens is 1.